The number of fused-ring (bicyclic) bond motifs is 3. The van der Waals surface area contributed by atoms with E-state index in [0.29, 0.717) is 0 Å². The fourth-order valence-corrected chi connectivity index (χ4v) is 2.58. The first-order chi connectivity index (χ1) is 8.90. The molecular formula is C17H17N. The maximum Gasteiger partial charge on any atom is 0.0497 e. The van der Waals surface area contributed by atoms with E-state index in [-0.39, 0.29) is 0 Å². The van der Waals surface area contributed by atoms with Crippen molar-refractivity contribution in [1.29, 1.82) is 0 Å². The Morgan fingerprint density at radius 2 is 1.83 bits per heavy atom. The number of rotatable bonds is 4. The number of H-pyrrole nitrogens is 1. The van der Waals surface area contributed by atoms with Crippen LogP contribution in [0.3, 0.4) is 0 Å². The van der Waals surface area contributed by atoms with Crippen molar-refractivity contribution in [2.24, 2.45) is 0 Å². The lowest BCUT2D eigenvalue weighted by Crippen LogP contribution is -1.86. The molecule has 0 bridgehead atoms. The largest absolute Gasteiger partial charge is 0.354 e. The average Bonchev–Trinajstić information content (AvgIpc) is 2.79. The summed E-state index contributed by atoms with van der Waals surface area (Å²) in [6.07, 6.45) is 5.34. The minimum absolute atomic E-state index is 1.08. The molecule has 0 aliphatic carbocycles. The number of aromatic nitrogens is 1. The summed E-state index contributed by atoms with van der Waals surface area (Å²) in [5.41, 5.74) is 3.93. The molecule has 90 valence electrons. The number of unbranched alkanes of at least 4 members (excludes halogenated alkanes) is 1. The van der Waals surface area contributed by atoms with Crippen LogP contribution in [0.1, 0.15) is 18.4 Å². The summed E-state index contributed by atoms with van der Waals surface area (Å²) in [6, 6.07) is 15.1. The molecular weight excluding hydrogens is 218 g/mol. The van der Waals surface area contributed by atoms with Crippen LogP contribution in [0.2, 0.25) is 0 Å². The van der Waals surface area contributed by atoms with Crippen molar-refractivity contribution in [3.8, 4) is 0 Å². The van der Waals surface area contributed by atoms with Crippen molar-refractivity contribution in [3.63, 3.8) is 0 Å². The van der Waals surface area contributed by atoms with Crippen LogP contribution < -0.4 is 0 Å². The van der Waals surface area contributed by atoms with Gasteiger partial charge in [0.15, 0.2) is 0 Å². The molecule has 0 radical (unpaired) electrons. The van der Waals surface area contributed by atoms with Crippen molar-refractivity contribution in [2.45, 2.75) is 19.3 Å². The van der Waals surface area contributed by atoms with Gasteiger partial charge in [-0.25, -0.2) is 0 Å². The lowest BCUT2D eigenvalue weighted by molar-refractivity contribution is 0.848. The summed E-state index contributed by atoms with van der Waals surface area (Å²) in [4.78, 5) is 3.55. The highest BCUT2D eigenvalue weighted by Gasteiger charge is 2.06. The zero-order chi connectivity index (χ0) is 12.4. The maximum atomic E-state index is 3.78. The first-order valence-corrected chi connectivity index (χ1v) is 6.49. The van der Waals surface area contributed by atoms with Gasteiger partial charge in [0.2, 0.25) is 0 Å². The molecule has 0 amide bonds. The van der Waals surface area contributed by atoms with Crippen LogP contribution in [-0.2, 0) is 6.42 Å². The van der Waals surface area contributed by atoms with Crippen LogP contribution in [0.5, 0.6) is 0 Å². The highest BCUT2D eigenvalue weighted by Crippen LogP contribution is 2.28. The fourth-order valence-electron chi connectivity index (χ4n) is 2.58. The van der Waals surface area contributed by atoms with E-state index in [1.807, 2.05) is 6.08 Å². The maximum absolute atomic E-state index is 3.78. The molecule has 0 atom stereocenters. The number of hydrogen-bond donors (Lipinski definition) is 1. The molecule has 0 spiro atoms. The van der Waals surface area contributed by atoms with Gasteiger partial charge >= 0.3 is 0 Å². The van der Waals surface area contributed by atoms with Gasteiger partial charge in [-0.15, -0.1) is 6.58 Å². The summed E-state index contributed by atoms with van der Waals surface area (Å²) in [6.45, 7) is 3.78. The highest BCUT2D eigenvalue weighted by atomic mass is 14.7. The molecule has 1 aromatic heterocycles. The van der Waals surface area contributed by atoms with Crippen LogP contribution in [0.4, 0.5) is 0 Å². The van der Waals surface area contributed by atoms with Gasteiger partial charge in [0, 0.05) is 21.8 Å². The molecule has 0 saturated heterocycles. The second-order valence-electron chi connectivity index (χ2n) is 4.69. The first-order valence-electron chi connectivity index (χ1n) is 6.49. The third kappa shape index (κ3) is 1.82. The number of aryl methyl sites for hydroxylation is 1. The summed E-state index contributed by atoms with van der Waals surface area (Å²) in [5, 5.41) is 2.65. The van der Waals surface area contributed by atoms with E-state index in [2.05, 4.69) is 54.0 Å². The molecule has 2 aromatic carbocycles. The molecule has 0 unspecified atom stereocenters. The first kappa shape index (κ1) is 11.1. The van der Waals surface area contributed by atoms with Crippen LogP contribution in [0.25, 0.3) is 21.8 Å². The van der Waals surface area contributed by atoms with Crippen LogP contribution >= 0.6 is 0 Å². The van der Waals surface area contributed by atoms with Gasteiger partial charge in [0.25, 0.3) is 0 Å². The third-order valence-electron chi connectivity index (χ3n) is 3.48. The lowest BCUT2D eigenvalue weighted by Gasteiger charge is -2.01. The predicted molar refractivity (Wildman–Crippen MR) is 78.9 cm³/mol. The summed E-state index contributed by atoms with van der Waals surface area (Å²) in [7, 11) is 0. The summed E-state index contributed by atoms with van der Waals surface area (Å²) >= 11 is 0. The van der Waals surface area contributed by atoms with E-state index in [9.17, 15) is 0 Å². The minimum atomic E-state index is 1.08. The average molecular weight is 235 g/mol. The van der Waals surface area contributed by atoms with Crippen molar-refractivity contribution in [2.75, 3.05) is 0 Å². The van der Waals surface area contributed by atoms with Crippen molar-refractivity contribution >= 4 is 21.8 Å². The predicted octanol–water partition coefficient (Wildman–Crippen LogP) is 4.83. The Bertz CT molecular complexity index is 691. The molecule has 18 heavy (non-hydrogen) atoms. The Labute approximate surface area is 107 Å². The van der Waals surface area contributed by atoms with Crippen LogP contribution in [-0.4, -0.2) is 4.98 Å². The van der Waals surface area contributed by atoms with E-state index < -0.39 is 0 Å². The molecule has 0 saturated carbocycles. The molecule has 3 rings (SSSR count). The molecule has 0 fully saturated rings. The third-order valence-corrected chi connectivity index (χ3v) is 3.48. The Balaban J connectivity index is 2.12. The van der Waals surface area contributed by atoms with Gasteiger partial charge in [-0.05, 0) is 30.9 Å². The van der Waals surface area contributed by atoms with E-state index >= 15 is 0 Å². The molecule has 0 aliphatic heterocycles. The smallest absolute Gasteiger partial charge is 0.0497 e. The van der Waals surface area contributed by atoms with Gasteiger partial charge in [0.1, 0.15) is 0 Å². The summed E-state index contributed by atoms with van der Waals surface area (Å²) < 4.78 is 0. The van der Waals surface area contributed by atoms with Gasteiger partial charge < -0.3 is 4.98 Å². The number of aromatic amines is 1. The van der Waals surface area contributed by atoms with Crippen molar-refractivity contribution < 1.29 is 0 Å². The van der Waals surface area contributed by atoms with E-state index in [0.717, 1.165) is 19.3 Å². The molecule has 0 aliphatic rings. The Morgan fingerprint density at radius 1 is 1.00 bits per heavy atom. The van der Waals surface area contributed by atoms with Gasteiger partial charge in [-0.3, -0.25) is 0 Å². The van der Waals surface area contributed by atoms with Crippen LogP contribution in [0, 0.1) is 0 Å². The zero-order valence-electron chi connectivity index (χ0n) is 10.4. The monoisotopic (exact) mass is 235 g/mol. The van der Waals surface area contributed by atoms with Gasteiger partial charge in [-0.2, -0.15) is 0 Å². The number of para-hydroxylation sites is 2. The quantitative estimate of drug-likeness (QED) is 0.492. The number of benzene rings is 2. The molecule has 3 aromatic rings. The van der Waals surface area contributed by atoms with E-state index in [1.54, 1.807) is 0 Å². The second-order valence-corrected chi connectivity index (χ2v) is 4.69. The normalized spacial score (nSPS) is 11.1. The summed E-state index contributed by atoms with van der Waals surface area (Å²) in [5.74, 6) is 0. The SMILES string of the molecule is C=CCCCc1cccc2c1[nH]c1ccccc12. The van der Waals surface area contributed by atoms with E-state index in [4.69, 9.17) is 0 Å². The lowest BCUT2D eigenvalue weighted by atomic mass is 10.0. The zero-order valence-corrected chi connectivity index (χ0v) is 10.4. The minimum Gasteiger partial charge on any atom is -0.354 e. The second kappa shape index (κ2) is 4.69. The molecule has 1 nitrogen and oxygen atoms in total. The number of hydrogen-bond acceptors (Lipinski definition) is 0. The highest BCUT2D eigenvalue weighted by molar-refractivity contribution is 6.08. The van der Waals surface area contributed by atoms with Crippen molar-refractivity contribution in [3.05, 3.63) is 60.7 Å². The Hall–Kier alpha value is -2.02. The molecule has 1 heteroatoms. The van der Waals surface area contributed by atoms with Gasteiger partial charge in [0.05, 0.1) is 0 Å². The molecule has 1 N–H and O–H groups in total. The number of allylic oxidation sites excluding steroid dienone is 1. The standard InChI is InChI=1S/C17H17N/c1-2-3-4-8-13-9-7-11-15-14-10-5-6-12-16(14)18-17(13)15/h2,5-7,9-12,18H,1,3-4,8H2. The van der Waals surface area contributed by atoms with E-state index in [1.165, 1.54) is 27.4 Å². The van der Waals surface area contributed by atoms with Gasteiger partial charge in [-0.1, -0.05) is 42.5 Å². The molecule has 1 heterocycles. The van der Waals surface area contributed by atoms with Crippen LogP contribution in [0.15, 0.2) is 55.1 Å². The fraction of sp³-hybridized carbons (Fsp3) is 0.176. The Morgan fingerprint density at radius 3 is 2.72 bits per heavy atom. The van der Waals surface area contributed by atoms with Crippen molar-refractivity contribution in [1.82, 2.24) is 4.98 Å². The Kier molecular flexibility index (Phi) is 2.89. The topological polar surface area (TPSA) is 15.8 Å². The number of nitrogens with one attached hydrogen (secondary N) is 1.